The van der Waals surface area contributed by atoms with E-state index in [1.807, 2.05) is 0 Å². The highest BCUT2D eigenvalue weighted by Gasteiger charge is 2.32. The van der Waals surface area contributed by atoms with Crippen molar-refractivity contribution < 1.29 is 5.11 Å². The zero-order chi connectivity index (χ0) is 13.8. The standard InChI is InChI=1S/C17H32N2O/c20-8-7-19-12-16(9-14-5-6-14)10-17(13-19)18-11-15-3-1-2-4-15/h14-18,20H,1-13H2. The maximum atomic E-state index is 9.23. The van der Waals surface area contributed by atoms with Gasteiger partial charge in [0.05, 0.1) is 6.61 Å². The van der Waals surface area contributed by atoms with Crippen molar-refractivity contribution in [3.05, 3.63) is 0 Å². The summed E-state index contributed by atoms with van der Waals surface area (Å²) in [5, 5.41) is 13.1. The zero-order valence-electron chi connectivity index (χ0n) is 12.9. The molecule has 0 amide bonds. The van der Waals surface area contributed by atoms with Gasteiger partial charge in [-0.25, -0.2) is 0 Å². The number of piperidine rings is 1. The third kappa shape index (κ3) is 4.44. The lowest BCUT2D eigenvalue weighted by molar-refractivity contribution is 0.108. The van der Waals surface area contributed by atoms with Crippen LogP contribution in [0.15, 0.2) is 0 Å². The third-order valence-electron chi connectivity index (χ3n) is 5.56. The maximum Gasteiger partial charge on any atom is 0.0558 e. The van der Waals surface area contributed by atoms with Gasteiger partial charge in [-0.15, -0.1) is 0 Å². The van der Waals surface area contributed by atoms with Crippen LogP contribution in [0.1, 0.15) is 51.4 Å². The molecule has 0 aromatic heterocycles. The maximum absolute atomic E-state index is 9.23. The van der Waals surface area contributed by atoms with Crippen molar-refractivity contribution in [2.75, 3.05) is 32.8 Å². The molecule has 2 atom stereocenters. The summed E-state index contributed by atoms with van der Waals surface area (Å²) in [6, 6.07) is 0.666. The van der Waals surface area contributed by atoms with Crippen LogP contribution in [0.5, 0.6) is 0 Å². The molecule has 0 bridgehead atoms. The molecule has 2 N–H and O–H groups in total. The van der Waals surface area contributed by atoms with Gasteiger partial charge in [0, 0.05) is 25.7 Å². The third-order valence-corrected chi connectivity index (χ3v) is 5.56. The number of likely N-dealkylation sites (tertiary alicyclic amines) is 1. The first-order valence-corrected chi connectivity index (χ1v) is 8.90. The topological polar surface area (TPSA) is 35.5 Å². The van der Waals surface area contributed by atoms with Gasteiger partial charge in [0.15, 0.2) is 0 Å². The van der Waals surface area contributed by atoms with Crippen molar-refractivity contribution in [2.24, 2.45) is 17.8 Å². The second-order valence-corrected chi connectivity index (χ2v) is 7.52. The van der Waals surface area contributed by atoms with Gasteiger partial charge in [-0.3, -0.25) is 4.90 Å². The summed E-state index contributed by atoms with van der Waals surface area (Å²) in [7, 11) is 0. The van der Waals surface area contributed by atoms with Crippen molar-refractivity contribution in [3.63, 3.8) is 0 Å². The first-order chi connectivity index (χ1) is 9.83. The average molecular weight is 280 g/mol. The highest BCUT2D eigenvalue weighted by atomic mass is 16.3. The Bertz CT molecular complexity index is 287. The largest absolute Gasteiger partial charge is 0.395 e. The molecule has 116 valence electrons. The van der Waals surface area contributed by atoms with Gasteiger partial charge < -0.3 is 10.4 Å². The van der Waals surface area contributed by atoms with Gasteiger partial charge in [-0.2, -0.15) is 0 Å². The van der Waals surface area contributed by atoms with Crippen LogP contribution < -0.4 is 5.32 Å². The molecule has 2 aliphatic carbocycles. The summed E-state index contributed by atoms with van der Waals surface area (Å²) >= 11 is 0. The molecule has 3 aliphatic rings. The van der Waals surface area contributed by atoms with E-state index in [0.29, 0.717) is 12.6 Å². The van der Waals surface area contributed by atoms with Crippen molar-refractivity contribution in [2.45, 2.75) is 57.4 Å². The number of nitrogens with one attached hydrogen (secondary N) is 1. The van der Waals surface area contributed by atoms with E-state index in [9.17, 15) is 5.11 Å². The van der Waals surface area contributed by atoms with E-state index in [2.05, 4.69) is 10.2 Å². The molecule has 0 spiro atoms. The van der Waals surface area contributed by atoms with Crippen LogP contribution in [0.25, 0.3) is 0 Å². The van der Waals surface area contributed by atoms with E-state index < -0.39 is 0 Å². The predicted molar refractivity (Wildman–Crippen MR) is 82.7 cm³/mol. The average Bonchev–Trinajstić information content (AvgIpc) is 3.09. The number of hydrogen-bond donors (Lipinski definition) is 2. The summed E-state index contributed by atoms with van der Waals surface area (Å²) in [5.74, 6) is 2.83. The minimum Gasteiger partial charge on any atom is -0.395 e. The molecule has 1 heterocycles. The molecule has 3 nitrogen and oxygen atoms in total. The molecular formula is C17H32N2O. The Hall–Kier alpha value is -0.120. The smallest absolute Gasteiger partial charge is 0.0558 e. The van der Waals surface area contributed by atoms with E-state index in [0.717, 1.165) is 30.8 Å². The summed E-state index contributed by atoms with van der Waals surface area (Å²) < 4.78 is 0. The Labute approximate surface area is 124 Å². The first kappa shape index (κ1) is 14.8. The number of nitrogens with zero attached hydrogens (tertiary/aromatic N) is 1. The molecule has 0 aromatic rings. The number of aliphatic hydroxyl groups is 1. The van der Waals surface area contributed by atoms with Gasteiger partial charge >= 0.3 is 0 Å². The number of aliphatic hydroxyl groups excluding tert-OH is 1. The minimum absolute atomic E-state index is 0.311. The van der Waals surface area contributed by atoms with Crippen LogP contribution >= 0.6 is 0 Å². The van der Waals surface area contributed by atoms with Gasteiger partial charge in [0.25, 0.3) is 0 Å². The van der Waals surface area contributed by atoms with E-state index in [1.54, 1.807) is 0 Å². The summed E-state index contributed by atoms with van der Waals surface area (Å²) in [5.41, 5.74) is 0. The molecule has 3 heteroatoms. The lowest BCUT2D eigenvalue weighted by Gasteiger charge is -2.38. The number of rotatable bonds is 7. The second kappa shape index (κ2) is 7.24. The molecular weight excluding hydrogens is 248 g/mol. The van der Waals surface area contributed by atoms with Crippen molar-refractivity contribution in [3.8, 4) is 0 Å². The van der Waals surface area contributed by atoms with Crippen molar-refractivity contribution in [1.29, 1.82) is 0 Å². The van der Waals surface area contributed by atoms with Crippen LogP contribution in [0, 0.1) is 17.8 Å². The fraction of sp³-hybridized carbons (Fsp3) is 1.00. The summed E-state index contributed by atoms with van der Waals surface area (Å²) in [6.45, 7) is 4.77. The molecule has 2 unspecified atom stereocenters. The molecule has 3 fully saturated rings. The van der Waals surface area contributed by atoms with Gasteiger partial charge in [0.1, 0.15) is 0 Å². The highest BCUT2D eigenvalue weighted by molar-refractivity contribution is 4.87. The Morgan fingerprint density at radius 3 is 2.45 bits per heavy atom. The lowest BCUT2D eigenvalue weighted by atomic mass is 9.89. The number of β-amino-alcohol motifs (C(OH)–C–C–N with tert-alkyl or cyclic N) is 1. The SMILES string of the molecule is OCCN1CC(CC2CC2)CC(NCC2CCCC2)C1. The molecule has 3 rings (SSSR count). The van der Waals surface area contributed by atoms with Crippen LogP contribution in [-0.4, -0.2) is 48.8 Å². The van der Waals surface area contributed by atoms with Gasteiger partial charge in [-0.1, -0.05) is 25.7 Å². The van der Waals surface area contributed by atoms with Crippen LogP contribution in [0.2, 0.25) is 0 Å². The number of hydrogen-bond acceptors (Lipinski definition) is 3. The fourth-order valence-corrected chi connectivity index (χ4v) is 4.32. The molecule has 1 saturated heterocycles. The first-order valence-electron chi connectivity index (χ1n) is 8.90. The fourth-order valence-electron chi connectivity index (χ4n) is 4.32. The quantitative estimate of drug-likeness (QED) is 0.751. The minimum atomic E-state index is 0.311. The predicted octanol–water partition coefficient (Wildman–Crippen LogP) is 2.25. The molecule has 1 aliphatic heterocycles. The molecule has 2 saturated carbocycles. The van der Waals surface area contributed by atoms with Crippen LogP contribution in [0.3, 0.4) is 0 Å². The summed E-state index contributed by atoms with van der Waals surface area (Å²) in [4.78, 5) is 2.49. The van der Waals surface area contributed by atoms with Crippen molar-refractivity contribution >= 4 is 0 Å². The zero-order valence-corrected chi connectivity index (χ0v) is 12.9. The molecule has 0 aromatic carbocycles. The Kier molecular flexibility index (Phi) is 5.36. The monoisotopic (exact) mass is 280 g/mol. The molecule has 0 radical (unpaired) electrons. The molecule has 20 heavy (non-hydrogen) atoms. The Morgan fingerprint density at radius 2 is 1.75 bits per heavy atom. The van der Waals surface area contributed by atoms with E-state index in [-0.39, 0.29) is 0 Å². The van der Waals surface area contributed by atoms with Gasteiger partial charge in [-0.05, 0) is 50.0 Å². The summed E-state index contributed by atoms with van der Waals surface area (Å²) in [6.07, 6.45) is 11.5. The Morgan fingerprint density at radius 1 is 0.950 bits per heavy atom. The highest BCUT2D eigenvalue weighted by Crippen LogP contribution is 2.37. The van der Waals surface area contributed by atoms with Crippen LogP contribution in [0.4, 0.5) is 0 Å². The van der Waals surface area contributed by atoms with E-state index >= 15 is 0 Å². The van der Waals surface area contributed by atoms with Gasteiger partial charge in [0.2, 0.25) is 0 Å². The second-order valence-electron chi connectivity index (χ2n) is 7.52. The lowest BCUT2D eigenvalue weighted by Crippen LogP contribution is -2.50. The van der Waals surface area contributed by atoms with Crippen molar-refractivity contribution in [1.82, 2.24) is 10.2 Å². The Balaban J connectivity index is 1.45. The van der Waals surface area contributed by atoms with Crippen LogP contribution in [-0.2, 0) is 0 Å². The normalized spacial score (nSPS) is 32.9. The van der Waals surface area contributed by atoms with E-state index in [1.165, 1.54) is 64.5 Å². The van der Waals surface area contributed by atoms with E-state index in [4.69, 9.17) is 0 Å².